The third-order valence-electron chi connectivity index (χ3n) is 14.5. The summed E-state index contributed by atoms with van der Waals surface area (Å²) in [5.41, 5.74) is 17.8. The van der Waals surface area contributed by atoms with E-state index in [0.29, 0.717) is 26.4 Å². The summed E-state index contributed by atoms with van der Waals surface area (Å²) in [7, 11) is 0. The van der Waals surface area contributed by atoms with Crippen LogP contribution in [0.5, 0.6) is 23.0 Å². The minimum atomic E-state index is -0.416. The predicted octanol–water partition coefficient (Wildman–Crippen LogP) is 13.8. The lowest BCUT2D eigenvalue weighted by Crippen LogP contribution is -2.60. The Morgan fingerprint density at radius 1 is 0.443 bits per heavy atom. The highest BCUT2D eigenvalue weighted by Crippen LogP contribution is 2.55. The quantitative estimate of drug-likeness (QED) is 0.162. The fourth-order valence-corrected chi connectivity index (χ4v) is 11.0. The van der Waals surface area contributed by atoms with Crippen LogP contribution in [0.3, 0.4) is 0 Å². The van der Waals surface area contributed by atoms with Crippen LogP contribution in [-0.2, 0) is 10.8 Å². The Kier molecular flexibility index (Phi) is 9.58. The Morgan fingerprint density at radius 2 is 0.843 bits per heavy atom. The first-order chi connectivity index (χ1) is 33.9. The van der Waals surface area contributed by atoms with Gasteiger partial charge in [-0.1, -0.05) is 114 Å². The molecule has 9 heteroatoms. The zero-order valence-electron chi connectivity index (χ0n) is 40.9. The first-order valence-electron chi connectivity index (χ1n) is 24.8. The molecule has 4 aliphatic rings. The third kappa shape index (κ3) is 6.72. The first-order valence-corrected chi connectivity index (χ1v) is 24.8. The maximum atomic E-state index is 7.41. The highest BCUT2D eigenvalue weighted by Gasteiger charge is 2.51. The number of nitrogens with zero attached hydrogens (tertiary/aromatic N) is 2. The van der Waals surface area contributed by atoms with E-state index in [1.165, 1.54) is 11.1 Å². The van der Waals surface area contributed by atoms with E-state index in [-0.39, 0.29) is 10.8 Å². The zero-order chi connectivity index (χ0) is 47.6. The number of fused-ring (bicyclic) bond motifs is 10. The van der Waals surface area contributed by atoms with Gasteiger partial charge in [0.25, 0.3) is 0 Å². The monoisotopic (exact) mass is 922 g/mol. The Hall–Kier alpha value is -7.52. The van der Waals surface area contributed by atoms with Crippen LogP contribution in [0.25, 0.3) is 44.2 Å². The number of hydrogen-bond acceptors (Lipinski definition) is 8. The smallest absolute Gasteiger partial charge is 0.342 e. The molecule has 6 heterocycles. The molecule has 0 N–H and O–H groups in total. The summed E-state index contributed by atoms with van der Waals surface area (Å²) in [6.07, 6.45) is 1.59. The molecule has 0 atom stereocenters. The molecule has 0 amide bonds. The highest BCUT2D eigenvalue weighted by molar-refractivity contribution is 6.99. The van der Waals surface area contributed by atoms with Crippen molar-refractivity contribution in [1.29, 1.82) is 0 Å². The normalized spacial score (nSPS) is 15.1. The molecule has 348 valence electrons. The lowest BCUT2D eigenvalue weighted by molar-refractivity contribution is 0.296. The summed E-state index contributed by atoms with van der Waals surface area (Å²) in [5.74, 6) is 2.92. The largest absolute Gasteiger partial charge is 0.490 e. The van der Waals surface area contributed by atoms with Crippen molar-refractivity contribution in [3.8, 4) is 45.3 Å². The van der Waals surface area contributed by atoms with Gasteiger partial charge in [0.15, 0.2) is 23.0 Å². The molecule has 13 rings (SSSR count). The second-order valence-corrected chi connectivity index (χ2v) is 21.3. The molecule has 0 saturated carbocycles. The molecule has 0 spiro atoms. The third-order valence-corrected chi connectivity index (χ3v) is 14.5. The Bertz CT molecular complexity index is 3330. The molecule has 0 saturated heterocycles. The van der Waals surface area contributed by atoms with E-state index in [1.807, 2.05) is 0 Å². The van der Waals surface area contributed by atoms with E-state index in [4.69, 9.17) is 27.8 Å². The maximum absolute atomic E-state index is 7.41. The van der Waals surface area contributed by atoms with Crippen LogP contribution < -0.4 is 45.5 Å². The van der Waals surface area contributed by atoms with Crippen molar-refractivity contribution in [1.82, 2.24) is 0 Å². The van der Waals surface area contributed by atoms with Gasteiger partial charge in [0.2, 0.25) is 0 Å². The van der Waals surface area contributed by atoms with E-state index in [1.54, 1.807) is 0 Å². The number of furan rings is 2. The van der Waals surface area contributed by atoms with Crippen LogP contribution in [0.4, 0.5) is 34.1 Å². The highest BCUT2D eigenvalue weighted by atomic mass is 16.5. The summed E-state index contributed by atoms with van der Waals surface area (Å²) in [6.45, 7) is 17.7. The van der Waals surface area contributed by atoms with Gasteiger partial charge in [0.05, 0.1) is 49.2 Å². The van der Waals surface area contributed by atoms with Gasteiger partial charge in [-0.25, -0.2) is 0 Å². The SMILES string of the molecule is Cc1cc2c3c(c1)N(c1cc4c(cc1-c1ccccc1)OCCCO4)c1c(oc4ccc(C(C)(C)C)cc14)B3c1oc3ccc(C(C)(C)C)cc3c1N2c1cc2c(cc1-c1ccccc1)OCCCO2. The van der Waals surface area contributed by atoms with E-state index < -0.39 is 6.71 Å². The number of benzene rings is 7. The van der Waals surface area contributed by atoms with Gasteiger partial charge in [-0.3, -0.25) is 0 Å². The van der Waals surface area contributed by atoms with Crippen LogP contribution in [0.1, 0.15) is 71.1 Å². The molecule has 0 radical (unpaired) electrons. The average Bonchev–Trinajstić information content (AvgIpc) is 3.70. The molecule has 70 heavy (non-hydrogen) atoms. The van der Waals surface area contributed by atoms with E-state index in [2.05, 4.69) is 192 Å². The molecule has 0 bridgehead atoms. The summed E-state index contributed by atoms with van der Waals surface area (Å²) in [6, 6.07) is 48.1. The molecule has 7 aromatic carbocycles. The number of ether oxygens (including phenoxy) is 4. The van der Waals surface area contributed by atoms with Crippen LogP contribution in [0.2, 0.25) is 0 Å². The minimum Gasteiger partial charge on any atom is -0.490 e. The molecule has 4 aliphatic heterocycles. The van der Waals surface area contributed by atoms with Crippen molar-refractivity contribution in [3.05, 3.63) is 150 Å². The summed E-state index contributed by atoms with van der Waals surface area (Å²) < 4.78 is 40.8. The number of rotatable bonds is 4. The predicted molar refractivity (Wildman–Crippen MR) is 284 cm³/mol. The van der Waals surface area contributed by atoms with Crippen molar-refractivity contribution in [2.24, 2.45) is 0 Å². The Labute approximate surface area is 409 Å². The van der Waals surface area contributed by atoms with Crippen molar-refractivity contribution >= 4 is 79.6 Å². The van der Waals surface area contributed by atoms with Crippen molar-refractivity contribution < 1.29 is 27.8 Å². The van der Waals surface area contributed by atoms with Gasteiger partial charge in [0, 0.05) is 58.2 Å². The zero-order valence-corrected chi connectivity index (χ0v) is 40.9. The van der Waals surface area contributed by atoms with Crippen LogP contribution >= 0.6 is 0 Å². The van der Waals surface area contributed by atoms with E-state index in [0.717, 1.165) is 137 Å². The summed E-state index contributed by atoms with van der Waals surface area (Å²) in [5, 5.41) is 2.07. The molecule has 0 fully saturated rings. The summed E-state index contributed by atoms with van der Waals surface area (Å²) in [4.78, 5) is 4.89. The van der Waals surface area contributed by atoms with Gasteiger partial charge < -0.3 is 37.6 Å². The van der Waals surface area contributed by atoms with Crippen molar-refractivity contribution in [2.45, 2.75) is 72.1 Å². The van der Waals surface area contributed by atoms with Gasteiger partial charge >= 0.3 is 6.71 Å². The molecule has 8 nitrogen and oxygen atoms in total. The average molecular weight is 923 g/mol. The van der Waals surface area contributed by atoms with E-state index in [9.17, 15) is 0 Å². The van der Waals surface area contributed by atoms with Crippen molar-refractivity contribution in [2.75, 3.05) is 36.2 Å². The fraction of sp³-hybridized carbons (Fsp3) is 0.246. The lowest BCUT2D eigenvalue weighted by Gasteiger charge is -2.42. The lowest BCUT2D eigenvalue weighted by atomic mass is 9.37. The maximum Gasteiger partial charge on any atom is 0.342 e. The topological polar surface area (TPSA) is 69.7 Å². The Morgan fingerprint density at radius 3 is 1.24 bits per heavy atom. The van der Waals surface area contributed by atoms with Crippen LogP contribution in [0.15, 0.2) is 142 Å². The minimum absolute atomic E-state index is 0.120. The second-order valence-electron chi connectivity index (χ2n) is 21.3. The number of aryl methyl sites for hydroxylation is 1. The molecule has 9 aromatic rings. The van der Waals surface area contributed by atoms with Crippen molar-refractivity contribution in [3.63, 3.8) is 0 Å². The number of anilines is 6. The van der Waals surface area contributed by atoms with E-state index >= 15 is 0 Å². The molecular weight excluding hydrogens is 867 g/mol. The van der Waals surface area contributed by atoms with Gasteiger partial charge in [-0.15, -0.1) is 0 Å². The Balaban J connectivity index is 1.18. The first kappa shape index (κ1) is 42.6. The molecular formula is C61H55BN2O6. The van der Waals surface area contributed by atoms with Crippen LogP contribution in [0, 0.1) is 6.92 Å². The molecule has 2 aromatic heterocycles. The fourth-order valence-electron chi connectivity index (χ4n) is 11.0. The van der Waals surface area contributed by atoms with Crippen LogP contribution in [-0.4, -0.2) is 33.1 Å². The second kappa shape index (κ2) is 15.8. The standard InChI is InChI=1S/C61H55BN2O6/c1-36-28-47-55-48(29-36)64(46-35-54-52(66-25-15-27-68-54)33-42(46)38-18-12-9-13-19-38)57-44-31-40(61(5,6)7)21-23-50(44)70-59(57)62(55)58-56(43-30-39(60(2,3)4)20-22-49(43)69-58)63(47)45-34-53-51(65-24-14-26-67-53)32-41(45)37-16-10-8-11-17-37/h8-13,16-23,28-35H,14-15,24-27H2,1-7H3. The van der Waals surface area contributed by atoms with Gasteiger partial charge in [-0.2, -0.15) is 0 Å². The van der Waals surface area contributed by atoms with Gasteiger partial charge in [0.1, 0.15) is 22.5 Å². The molecule has 0 aliphatic carbocycles. The van der Waals surface area contributed by atoms with Gasteiger partial charge in [-0.05, 0) is 99.6 Å². The summed E-state index contributed by atoms with van der Waals surface area (Å²) >= 11 is 0. The molecule has 0 unspecified atom stereocenters. The number of hydrogen-bond donors (Lipinski definition) is 0.